The summed E-state index contributed by atoms with van der Waals surface area (Å²) >= 11 is 7.67. The molecule has 0 aliphatic heterocycles. The van der Waals surface area contributed by atoms with Crippen LogP contribution < -0.4 is 11.1 Å². The second-order valence-electron chi connectivity index (χ2n) is 6.70. The van der Waals surface area contributed by atoms with Crippen molar-refractivity contribution in [3.05, 3.63) is 62.8 Å². The molecule has 13 heteroatoms. The Hall–Kier alpha value is -2.83. The van der Waals surface area contributed by atoms with Crippen molar-refractivity contribution in [3.63, 3.8) is 0 Å². The van der Waals surface area contributed by atoms with Crippen LogP contribution in [0.15, 0.2) is 41.8 Å². The molecular weight excluding hydrogens is 512 g/mol. The van der Waals surface area contributed by atoms with E-state index in [0.717, 1.165) is 18.2 Å². The number of hydrogen-bond acceptors (Lipinski definition) is 5. The van der Waals surface area contributed by atoms with Gasteiger partial charge in [-0.15, -0.1) is 22.7 Å². The van der Waals surface area contributed by atoms with Crippen molar-refractivity contribution >= 4 is 61.8 Å². The minimum absolute atomic E-state index is 0.0546. The van der Waals surface area contributed by atoms with E-state index in [1.165, 1.54) is 11.3 Å². The van der Waals surface area contributed by atoms with Crippen LogP contribution in [0.5, 0.6) is 0 Å². The Morgan fingerprint density at radius 3 is 2.39 bits per heavy atom. The fourth-order valence-corrected chi connectivity index (χ4v) is 4.91. The number of benzene rings is 1. The first kappa shape index (κ1) is 23.3. The van der Waals surface area contributed by atoms with E-state index in [9.17, 15) is 31.1 Å². The van der Waals surface area contributed by atoms with Crippen molar-refractivity contribution in [2.45, 2.75) is 12.4 Å². The summed E-state index contributed by atoms with van der Waals surface area (Å²) in [5, 5.41) is 3.23. The summed E-state index contributed by atoms with van der Waals surface area (Å²) in [7, 11) is 0. The molecule has 4 rings (SSSR count). The topological polar surface area (TPSA) is 68.0 Å². The molecule has 0 aliphatic carbocycles. The van der Waals surface area contributed by atoms with Gasteiger partial charge in [0, 0.05) is 5.39 Å². The molecule has 4 nitrogen and oxygen atoms in total. The summed E-state index contributed by atoms with van der Waals surface area (Å²) < 4.78 is 80.3. The third-order valence-electron chi connectivity index (χ3n) is 4.53. The van der Waals surface area contributed by atoms with E-state index in [2.05, 4.69) is 10.3 Å². The van der Waals surface area contributed by atoms with Crippen molar-refractivity contribution < 1.29 is 31.1 Å². The molecule has 172 valence electrons. The molecule has 4 aromatic rings. The average molecular weight is 522 g/mol. The second-order valence-corrected chi connectivity index (χ2v) is 9.06. The van der Waals surface area contributed by atoms with Crippen LogP contribution in [-0.2, 0) is 12.4 Å². The number of hydrogen-bond donors (Lipinski definition) is 2. The quantitative estimate of drug-likeness (QED) is 0.273. The van der Waals surface area contributed by atoms with Crippen LogP contribution in [0.25, 0.3) is 20.8 Å². The summed E-state index contributed by atoms with van der Waals surface area (Å²) in [5.41, 5.74) is 2.98. The highest BCUT2D eigenvalue weighted by molar-refractivity contribution is 7.21. The Bertz CT molecular complexity index is 1360. The molecule has 0 fully saturated rings. The van der Waals surface area contributed by atoms with Gasteiger partial charge in [-0.1, -0.05) is 17.7 Å². The van der Waals surface area contributed by atoms with Gasteiger partial charge in [0.25, 0.3) is 5.91 Å². The predicted octanol–water partition coefficient (Wildman–Crippen LogP) is 7.55. The summed E-state index contributed by atoms with van der Waals surface area (Å²) in [6.07, 6.45) is -9.48. The third-order valence-corrected chi connectivity index (χ3v) is 6.85. The van der Waals surface area contributed by atoms with Gasteiger partial charge < -0.3 is 11.1 Å². The molecule has 0 radical (unpaired) electrons. The van der Waals surface area contributed by atoms with Gasteiger partial charge in [-0.2, -0.15) is 26.3 Å². The smallest absolute Gasteiger partial charge is 0.397 e. The van der Waals surface area contributed by atoms with Crippen LogP contribution in [0.2, 0.25) is 5.02 Å². The zero-order valence-electron chi connectivity index (χ0n) is 15.9. The van der Waals surface area contributed by atoms with Crippen LogP contribution in [0.1, 0.15) is 20.8 Å². The minimum atomic E-state index is -4.79. The maximum absolute atomic E-state index is 13.8. The molecule has 0 saturated heterocycles. The monoisotopic (exact) mass is 521 g/mol. The third kappa shape index (κ3) is 4.50. The first-order valence-electron chi connectivity index (χ1n) is 8.88. The highest BCUT2D eigenvalue weighted by Crippen LogP contribution is 2.44. The number of nitrogens with zero attached hydrogens (tertiary/aromatic N) is 1. The van der Waals surface area contributed by atoms with E-state index in [4.69, 9.17) is 17.3 Å². The zero-order valence-corrected chi connectivity index (χ0v) is 18.3. The number of fused-ring (bicyclic) bond motifs is 1. The Morgan fingerprint density at radius 1 is 1.06 bits per heavy atom. The van der Waals surface area contributed by atoms with Crippen molar-refractivity contribution in [3.8, 4) is 10.6 Å². The molecule has 3 heterocycles. The lowest BCUT2D eigenvalue weighted by Crippen LogP contribution is -2.14. The van der Waals surface area contributed by atoms with E-state index in [1.54, 1.807) is 17.5 Å². The molecule has 3 aromatic heterocycles. The Balaban J connectivity index is 1.81. The lowest BCUT2D eigenvalue weighted by atomic mass is 10.1. The lowest BCUT2D eigenvalue weighted by molar-refractivity contribution is -0.138. The van der Waals surface area contributed by atoms with Gasteiger partial charge >= 0.3 is 12.4 Å². The van der Waals surface area contributed by atoms with Crippen LogP contribution in [0.3, 0.4) is 0 Å². The highest BCUT2D eigenvalue weighted by Gasteiger charge is 2.36. The fraction of sp³-hybridized carbons (Fsp3) is 0.100. The van der Waals surface area contributed by atoms with Gasteiger partial charge in [0.2, 0.25) is 0 Å². The predicted molar refractivity (Wildman–Crippen MR) is 117 cm³/mol. The van der Waals surface area contributed by atoms with Crippen molar-refractivity contribution in [2.75, 3.05) is 11.1 Å². The Morgan fingerprint density at radius 2 is 1.79 bits per heavy atom. The number of nitrogen functional groups attached to an aromatic ring is 1. The van der Waals surface area contributed by atoms with E-state index >= 15 is 0 Å². The molecule has 0 atom stereocenters. The Labute approximate surface area is 194 Å². The van der Waals surface area contributed by atoms with E-state index in [0.29, 0.717) is 22.3 Å². The number of halogens is 7. The number of carbonyl (C=O) groups is 1. The van der Waals surface area contributed by atoms with Gasteiger partial charge in [-0.3, -0.25) is 4.79 Å². The normalized spacial score (nSPS) is 12.3. The first-order valence-corrected chi connectivity index (χ1v) is 11.0. The SMILES string of the molecule is Nc1c(C(=O)Nc2cc(C(F)(F)F)ccc2Cl)sc2nc(-c3cccs3)cc(C(F)(F)F)c12. The van der Waals surface area contributed by atoms with Gasteiger partial charge in [-0.05, 0) is 35.7 Å². The van der Waals surface area contributed by atoms with Crippen molar-refractivity contribution in [1.29, 1.82) is 0 Å². The highest BCUT2D eigenvalue weighted by atomic mass is 35.5. The number of aromatic nitrogens is 1. The number of alkyl halides is 6. The van der Waals surface area contributed by atoms with Crippen molar-refractivity contribution in [1.82, 2.24) is 4.98 Å². The molecule has 0 aliphatic rings. The average Bonchev–Trinajstić information content (AvgIpc) is 3.36. The number of anilines is 2. The largest absolute Gasteiger partial charge is 0.417 e. The number of rotatable bonds is 3. The maximum atomic E-state index is 13.8. The number of nitrogens with two attached hydrogens (primary N) is 1. The van der Waals surface area contributed by atoms with E-state index in [1.807, 2.05) is 0 Å². The Kier molecular flexibility index (Phi) is 5.79. The van der Waals surface area contributed by atoms with Crippen molar-refractivity contribution in [2.24, 2.45) is 0 Å². The molecule has 1 aromatic carbocycles. The molecule has 0 bridgehead atoms. The maximum Gasteiger partial charge on any atom is 0.417 e. The van der Waals surface area contributed by atoms with E-state index in [-0.39, 0.29) is 26.1 Å². The molecule has 33 heavy (non-hydrogen) atoms. The molecule has 0 spiro atoms. The minimum Gasteiger partial charge on any atom is -0.397 e. The summed E-state index contributed by atoms with van der Waals surface area (Å²) in [4.78, 5) is 17.0. The summed E-state index contributed by atoms with van der Waals surface area (Å²) in [6.45, 7) is 0. The second kappa shape index (κ2) is 8.19. The number of thiophene rings is 2. The standard InChI is InChI=1S/C20H10ClF6N3OS2/c21-10-4-3-8(19(22,23)24)6-11(10)29-17(31)16-15(28)14-9(20(25,26)27)7-12(30-18(14)33-16)13-2-1-5-32-13/h1-7H,28H2,(H,29,31). The first-order chi connectivity index (χ1) is 15.4. The summed E-state index contributed by atoms with van der Waals surface area (Å²) in [5.74, 6) is -1.01. The van der Waals surface area contributed by atoms with Gasteiger partial charge in [0.1, 0.15) is 9.71 Å². The van der Waals surface area contributed by atoms with E-state index < -0.39 is 40.5 Å². The number of amides is 1. The van der Waals surface area contributed by atoms with Gasteiger partial charge in [0.05, 0.1) is 38.1 Å². The fourth-order valence-electron chi connectivity index (χ4n) is 3.04. The number of pyridine rings is 1. The zero-order chi connectivity index (χ0) is 24.1. The van der Waals surface area contributed by atoms with Crippen LogP contribution in [-0.4, -0.2) is 10.9 Å². The van der Waals surface area contributed by atoms with Gasteiger partial charge in [0.15, 0.2) is 0 Å². The molecule has 3 N–H and O–H groups in total. The summed E-state index contributed by atoms with van der Waals surface area (Å²) in [6, 6.07) is 6.40. The number of carbonyl (C=O) groups excluding carboxylic acids is 1. The lowest BCUT2D eigenvalue weighted by Gasteiger charge is -2.12. The molecule has 0 saturated carbocycles. The molecule has 0 unspecified atom stereocenters. The van der Waals surface area contributed by atoms with Crippen LogP contribution in [0.4, 0.5) is 37.7 Å². The molecule has 1 amide bonds. The van der Waals surface area contributed by atoms with Crippen LogP contribution >= 0.6 is 34.3 Å². The molecular formula is C20H10ClF6N3OS2. The van der Waals surface area contributed by atoms with Gasteiger partial charge in [-0.25, -0.2) is 4.98 Å². The van der Waals surface area contributed by atoms with Crippen LogP contribution in [0, 0.1) is 0 Å². The number of nitrogens with one attached hydrogen (secondary N) is 1.